The van der Waals surface area contributed by atoms with Crippen LogP contribution in [0.25, 0.3) is 0 Å². The maximum Gasteiger partial charge on any atom is 0.243 e. The second-order valence-corrected chi connectivity index (χ2v) is 7.63. The minimum atomic E-state index is -3.48. The number of hydrogen-bond donors (Lipinski definition) is 2. The molecule has 2 rings (SSSR count). The van der Waals surface area contributed by atoms with Crippen LogP contribution in [0.4, 0.5) is 0 Å². The maximum absolute atomic E-state index is 12.1. The second-order valence-electron chi connectivity index (χ2n) is 5.86. The summed E-state index contributed by atoms with van der Waals surface area (Å²) in [5, 5.41) is 6.19. The van der Waals surface area contributed by atoms with Crippen molar-refractivity contribution in [2.24, 2.45) is 0 Å². The van der Waals surface area contributed by atoms with Crippen molar-refractivity contribution >= 4 is 10.0 Å². The average Bonchev–Trinajstić information content (AvgIpc) is 2.92. The molecule has 1 aliphatic rings. The standard InChI is InChI=1S/C12H23N5O2S/c1-12(2,17-6-4-16(3)5-7-17)10-15-20(18,19)11-8-13-14-9-11/h8-9,15H,4-7,10H2,1-3H3,(H,13,14). The number of rotatable bonds is 5. The summed E-state index contributed by atoms with van der Waals surface area (Å²) in [5.41, 5.74) is -0.210. The highest BCUT2D eigenvalue weighted by atomic mass is 32.2. The zero-order chi connectivity index (χ0) is 14.8. The summed E-state index contributed by atoms with van der Waals surface area (Å²) in [6.45, 7) is 8.44. The van der Waals surface area contributed by atoms with E-state index < -0.39 is 10.0 Å². The lowest BCUT2D eigenvalue weighted by Crippen LogP contribution is -2.57. The first-order chi connectivity index (χ1) is 9.31. The molecule has 7 nitrogen and oxygen atoms in total. The number of aromatic nitrogens is 2. The highest BCUT2D eigenvalue weighted by molar-refractivity contribution is 7.89. The molecule has 1 aliphatic heterocycles. The van der Waals surface area contributed by atoms with Crippen LogP contribution in [0.15, 0.2) is 17.3 Å². The maximum atomic E-state index is 12.1. The number of H-pyrrole nitrogens is 1. The van der Waals surface area contributed by atoms with Gasteiger partial charge in [0, 0.05) is 44.5 Å². The molecule has 0 spiro atoms. The number of likely N-dealkylation sites (N-methyl/N-ethyl adjacent to an activating group) is 1. The van der Waals surface area contributed by atoms with Gasteiger partial charge in [-0.3, -0.25) is 10.00 Å². The van der Waals surface area contributed by atoms with Gasteiger partial charge in [-0.2, -0.15) is 5.10 Å². The van der Waals surface area contributed by atoms with Gasteiger partial charge in [-0.1, -0.05) is 0 Å². The van der Waals surface area contributed by atoms with Gasteiger partial charge in [0.05, 0.1) is 6.20 Å². The monoisotopic (exact) mass is 301 g/mol. The van der Waals surface area contributed by atoms with Crippen LogP contribution in [0.1, 0.15) is 13.8 Å². The summed E-state index contributed by atoms with van der Waals surface area (Å²) in [5.74, 6) is 0. The molecule has 1 fully saturated rings. The average molecular weight is 301 g/mol. The molecule has 20 heavy (non-hydrogen) atoms. The quantitative estimate of drug-likeness (QED) is 0.781. The predicted molar refractivity (Wildman–Crippen MR) is 76.9 cm³/mol. The smallest absolute Gasteiger partial charge is 0.243 e. The van der Waals surface area contributed by atoms with Crippen LogP contribution in [0.2, 0.25) is 0 Å². The summed E-state index contributed by atoms with van der Waals surface area (Å²) in [6, 6.07) is 0. The minimum Gasteiger partial charge on any atom is -0.304 e. The van der Waals surface area contributed by atoms with E-state index in [9.17, 15) is 8.42 Å². The van der Waals surface area contributed by atoms with E-state index in [2.05, 4.69) is 45.6 Å². The molecule has 0 aromatic carbocycles. The summed E-state index contributed by atoms with van der Waals surface area (Å²) in [4.78, 5) is 4.78. The SMILES string of the molecule is CN1CCN(C(C)(C)CNS(=O)(=O)c2cn[nH]c2)CC1. The Morgan fingerprint density at radius 3 is 2.55 bits per heavy atom. The number of nitrogens with one attached hydrogen (secondary N) is 2. The molecule has 1 aromatic rings. The first kappa shape index (κ1) is 15.4. The zero-order valence-electron chi connectivity index (χ0n) is 12.3. The fraction of sp³-hybridized carbons (Fsp3) is 0.750. The largest absolute Gasteiger partial charge is 0.304 e. The van der Waals surface area contributed by atoms with Crippen molar-refractivity contribution in [2.75, 3.05) is 39.8 Å². The lowest BCUT2D eigenvalue weighted by atomic mass is 10.0. The van der Waals surface area contributed by atoms with E-state index in [1.807, 2.05) is 0 Å². The highest BCUT2D eigenvalue weighted by Crippen LogP contribution is 2.17. The molecular weight excluding hydrogens is 278 g/mol. The van der Waals surface area contributed by atoms with Crippen LogP contribution < -0.4 is 4.72 Å². The van der Waals surface area contributed by atoms with Gasteiger partial charge in [0.2, 0.25) is 10.0 Å². The molecule has 2 N–H and O–H groups in total. The molecular formula is C12H23N5O2S. The third-order valence-corrected chi connectivity index (χ3v) is 5.21. The van der Waals surface area contributed by atoms with Gasteiger partial charge in [-0.25, -0.2) is 13.1 Å². The van der Waals surface area contributed by atoms with Gasteiger partial charge in [-0.05, 0) is 20.9 Å². The topological polar surface area (TPSA) is 81.3 Å². The van der Waals surface area contributed by atoms with Crippen LogP contribution in [0, 0.1) is 0 Å². The summed E-state index contributed by atoms with van der Waals surface area (Å²) >= 11 is 0. The molecule has 0 atom stereocenters. The number of sulfonamides is 1. The van der Waals surface area contributed by atoms with Crippen molar-refractivity contribution in [3.63, 3.8) is 0 Å². The summed E-state index contributed by atoms with van der Waals surface area (Å²) < 4.78 is 26.8. The van der Waals surface area contributed by atoms with Crippen molar-refractivity contribution in [3.05, 3.63) is 12.4 Å². The highest BCUT2D eigenvalue weighted by Gasteiger charge is 2.30. The molecule has 0 amide bonds. The summed E-state index contributed by atoms with van der Waals surface area (Å²) in [7, 11) is -1.38. The Kier molecular flexibility index (Phi) is 4.48. The van der Waals surface area contributed by atoms with Crippen molar-refractivity contribution in [1.82, 2.24) is 24.7 Å². The summed E-state index contributed by atoms with van der Waals surface area (Å²) in [6.07, 6.45) is 2.69. The molecule has 1 saturated heterocycles. The van der Waals surface area contributed by atoms with E-state index in [4.69, 9.17) is 0 Å². The lowest BCUT2D eigenvalue weighted by Gasteiger charge is -2.43. The van der Waals surface area contributed by atoms with Gasteiger partial charge in [0.1, 0.15) is 4.90 Å². The minimum absolute atomic E-state index is 0.173. The Balaban J connectivity index is 1.95. The molecule has 0 unspecified atom stereocenters. The van der Waals surface area contributed by atoms with Gasteiger partial charge in [-0.15, -0.1) is 0 Å². The Labute approximate surface area is 120 Å². The molecule has 0 saturated carbocycles. The lowest BCUT2D eigenvalue weighted by molar-refractivity contribution is 0.0652. The Hall–Kier alpha value is -0.960. The van der Waals surface area contributed by atoms with E-state index in [0.29, 0.717) is 6.54 Å². The van der Waals surface area contributed by atoms with Crippen molar-refractivity contribution in [2.45, 2.75) is 24.3 Å². The van der Waals surface area contributed by atoms with Crippen molar-refractivity contribution in [3.8, 4) is 0 Å². The fourth-order valence-corrected chi connectivity index (χ4v) is 3.37. The van der Waals surface area contributed by atoms with Crippen LogP contribution in [-0.2, 0) is 10.0 Å². The van der Waals surface area contributed by atoms with Crippen LogP contribution in [-0.4, -0.2) is 73.7 Å². The molecule has 0 bridgehead atoms. The molecule has 8 heteroatoms. The van der Waals surface area contributed by atoms with Gasteiger partial charge < -0.3 is 4.90 Å². The molecule has 1 aromatic heterocycles. The third kappa shape index (κ3) is 3.57. The second kappa shape index (κ2) is 5.80. The number of aromatic amines is 1. The number of hydrogen-bond acceptors (Lipinski definition) is 5. The fourth-order valence-electron chi connectivity index (χ4n) is 2.26. The van der Waals surface area contributed by atoms with E-state index in [0.717, 1.165) is 26.2 Å². The van der Waals surface area contributed by atoms with E-state index in [1.54, 1.807) is 0 Å². The zero-order valence-corrected chi connectivity index (χ0v) is 13.1. The van der Waals surface area contributed by atoms with E-state index in [-0.39, 0.29) is 10.4 Å². The van der Waals surface area contributed by atoms with E-state index in [1.165, 1.54) is 12.4 Å². The van der Waals surface area contributed by atoms with Gasteiger partial charge in [0.25, 0.3) is 0 Å². The van der Waals surface area contributed by atoms with Crippen molar-refractivity contribution < 1.29 is 8.42 Å². The van der Waals surface area contributed by atoms with Crippen molar-refractivity contribution in [1.29, 1.82) is 0 Å². The number of piperazine rings is 1. The van der Waals surface area contributed by atoms with Gasteiger partial charge in [0.15, 0.2) is 0 Å². The van der Waals surface area contributed by atoms with Gasteiger partial charge >= 0.3 is 0 Å². The molecule has 2 heterocycles. The van der Waals surface area contributed by atoms with Crippen LogP contribution >= 0.6 is 0 Å². The predicted octanol–water partition coefficient (Wildman–Crippen LogP) is -0.286. The normalized spacial score (nSPS) is 19.4. The van der Waals surface area contributed by atoms with E-state index >= 15 is 0 Å². The number of nitrogens with zero attached hydrogens (tertiary/aromatic N) is 3. The molecule has 0 radical (unpaired) electrons. The molecule has 0 aliphatic carbocycles. The van der Waals surface area contributed by atoms with Crippen LogP contribution in [0.5, 0.6) is 0 Å². The molecule has 114 valence electrons. The Morgan fingerprint density at radius 2 is 2.00 bits per heavy atom. The van der Waals surface area contributed by atoms with Crippen LogP contribution in [0.3, 0.4) is 0 Å². The first-order valence-corrected chi connectivity index (χ1v) is 8.22. The Bertz CT molecular complexity index is 518. The third-order valence-electron chi connectivity index (χ3n) is 3.84. The first-order valence-electron chi connectivity index (χ1n) is 6.73. The Morgan fingerprint density at radius 1 is 1.35 bits per heavy atom.